The minimum Gasteiger partial charge on any atom is -0.289 e. The Labute approximate surface area is 99.1 Å². The number of thiophene rings is 1. The first-order valence-electron chi connectivity index (χ1n) is 5.07. The summed E-state index contributed by atoms with van der Waals surface area (Å²) in [6.07, 6.45) is 3.48. The van der Waals surface area contributed by atoms with E-state index >= 15 is 0 Å². The molecule has 0 saturated heterocycles. The summed E-state index contributed by atoms with van der Waals surface area (Å²) in [6, 6.07) is 9.91. The molecule has 0 aliphatic rings. The molecule has 1 aromatic carbocycles. The van der Waals surface area contributed by atoms with Gasteiger partial charge >= 0.3 is 0 Å². The van der Waals surface area contributed by atoms with Crippen molar-refractivity contribution in [2.45, 2.75) is 6.92 Å². The maximum Gasteiger partial charge on any atom is 0.186 e. The molecule has 0 spiro atoms. The van der Waals surface area contributed by atoms with Crippen molar-refractivity contribution in [1.29, 1.82) is 0 Å². The molecule has 1 nitrogen and oxygen atoms in total. The first-order valence-corrected chi connectivity index (χ1v) is 6.01. The highest BCUT2D eigenvalue weighted by Crippen LogP contribution is 2.10. The minimum atomic E-state index is 0.0581. The molecule has 2 heteroatoms. The Balaban J connectivity index is 2.13. The number of aryl methyl sites for hydroxylation is 1. The normalized spacial score (nSPS) is 10.8. The van der Waals surface area contributed by atoms with Crippen LogP contribution < -0.4 is 0 Å². The molecule has 0 amide bonds. The van der Waals surface area contributed by atoms with Crippen LogP contribution in [0, 0.1) is 6.92 Å². The molecule has 80 valence electrons. The summed E-state index contributed by atoms with van der Waals surface area (Å²) in [5.41, 5.74) is 3.02. The molecule has 0 fully saturated rings. The van der Waals surface area contributed by atoms with Crippen LogP contribution in [0.5, 0.6) is 0 Å². The van der Waals surface area contributed by atoms with Crippen molar-refractivity contribution in [1.82, 2.24) is 0 Å². The number of carbonyl (C=O) groups is 1. The van der Waals surface area contributed by atoms with E-state index in [-0.39, 0.29) is 5.78 Å². The van der Waals surface area contributed by atoms with E-state index in [2.05, 4.69) is 6.07 Å². The fraction of sp³-hybridized carbons (Fsp3) is 0.0714. The van der Waals surface area contributed by atoms with Crippen LogP contribution in [-0.2, 0) is 0 Å². The van der Waals surface area contributed by atoms with Crippen molar-refractivity contribution < 1.29 is 4.79 Å². The predicted octanol–water partition coefficient (Wildman–Crippen LogP) is 3.95. The van der Waals surface area contributed by atoms with Crippen molar-refractivity contribution in [3.05, 3.63) is 63.9 Å². The van der Waals surface area contributed by atoms with Gasteiger partial charge in [-0.05, 0) is 30.0 Å². The van der Waals surface area contributed by atoms with E-state index in [0.717, 1.165) is 11.1 Å². The molecule has 0 radical (unpaired) electrons. The molecule has 0 N–H and O–H groups in total. The number of hydrogen-bond acceptors (Lipinski definition) is 2. The zero-order valence-corrected chi connectivity index (χ0v) is 9.83. The van der Waals surface area contributed by atoms with Gasteiger partial charge in [0, 0.05) is 10.9 Å². The second-order valence-electron chi connectivity index (χ2n) is 3.62. The van der Waals surface area contributed by atoms with Gasteiger partial charge in [0.1, 0.15) is 0 Å². The lowest BCUT2D eigenvalue weighted by atomic mass is 10.1. The summed E-state index contributed by atoms with van der Waals surface area (Å²) in [5.74, 6) is 0.0581. The van der Waals surface area contributed by atoms with Crippen molar-refractivity contribution >= 4 is 23.2 Å². The van der Waals surface area contributed by atoms with E-state index in [1.807, 2.05) is 48.0 Å². The number of rotatable bonds is 3. The summed E-state index contributed by atoms with van der Waals surface area (Å²) in [6.45, 7) is 2.04. The highest BCUT2D eigenvalue weighted by atomic mass is 32.1. The lowest BCUT2D eigenvalue weighted by Gasteiger charge is -1.95. The minimum absolute atomic E-state index is 0.0581. The first-order chi connectivity index (χ1) is 7.75. The average Bonchev–Trinajstić information content (AvgIpc) is 2.79. The van der Waals surface area contributed by atoms with Crippen LogP contribution in [0.3, 0.4) is 0 Å². The quantitative estimate of drug-likeness (QED) is 0.574. The fourth-order valence-corrected chi connectivity index (χ4v) is 2.09. The van der Waals surface area contributed by atoms with Gasteiger partial charge in [-0.1, -0.05) is 35.9 Å². The molecule has 1 aromatic heterocycles. The molecule has 2 rings (SSSR count). The van der Waals surface area contributed by atoms with Crippen LogP contribution in [0.1, 0.15) is 21.5 Å². The van der Waals surface area contributed by atoms with Gasteiger partial charge in [-0.25, -0.2) is 0 Å². The molecule has 0 aliphatic carbocycles. The second-order valence-corrected chi connectivity index (χ2v) is 4.40. The first kappa shape index (κ1) is 10.8. The van der Waals surface area contributed by atoms with Crippen LogP contribution >= 0.6 is 11.3 Å². The Morgan fingerprint density at radius 2 is 2.19 bits per heavy atom. The smallest absolute Gasteiger partial charge is 0.186 e. The summed E-state index contributed by atoms with van der Waals surface area (Å²) in [5, 5.41) is 3.77. The van der Waals surface area contributed by atoms with E-state index in [4.69, 9.17) is 0 Å². The topological polar surface area (TPSA) is 17.1 Å². The van der Waals surface area contributed by atoms with Crippen LogP contribution in [0.4, 0.5) is 0 Å². The van der Waals surface area contributed by atoms with Gasteiger partial charge in [0.2, 0.25) is 0 Å². The Hall–Kier alpha value is -1.67. The molecular formula is C14H12OS. The van der Waals surface area contributed by atoms with Gasteiger partial charge in [-0.2, -0.15) is 11.3 Å². The zero-order chi connectivity index (χ0) is 11.4. The lowest BCUT2D eigenvalue weighted by Crippen LogP contribution is -1.90. The fourth-order valence-electron chi connectivity index (χ4n) is 1.45. The maximum atomic E-state index is 11.7. The van der Waals surface area contributed by atoms with Crippen LogP contribution in [0.2, 0.25) is 0 Å². The van der Waals surface area contributed by atoms with E-state index in [1.165, 1.54) is 16.9 Å². The predicted molar refractivity (Wildman–Crippen MR) is 68.9 cm³/mol. The Bertz CT molecular complexity index is 509. The van der Waals surface area contributed by atoms with Gasteiger partial charge in [0.25, 0.3) is 0 Å². The van der Waals surface area contributed by atoms with Gasteiger partial charge in [-0.15, -0.1) is 0 Å². The molecule has 0 saturated carbocycles. The van der Waals surface area contributed by atoms with Crippen molar-refractivity contribution in [2.24, 2.45) is 0 Å². The second kappa shape index (κ2) is 4.90. The Kier molecular flexibility index (Phi) is 3.32. The summed E-state index contributed by atoms with van der Waals surface area (Å²) in [4.78, 5) is 11.7. The molecule has 2 aromatic rings. The average molecular weight is 228 g/mol. The monoisotopic (exact) mass is 228 g/mol. The van der Waals surface area contributed by atoms with Gasteiger partial charge in [0.05, 0.1) is 0 Å². The van der Waals surface area contributed by atoms with Crippen molar-refractivity contribution in [2.75, 3.05) is 0 Å². The lowest BCUT2D eigenvalue weighted by molar-refractivity contribution is 0.104. The van der Waals surface area contributed by atoms with E-state index in [0.29, 0.717) is 0 Å². The third-order valence-electron chi connectivity index (χ3n) is 2.27. The largest absolute Gasteiger partial charge is 0.289 e. The zero-order valence-electron chi connectivity index (χ0n) is 9.01. The molecular weight excluding hydrogens is 216 g/mol. The molecule has 16 heavy (non-hydrogen) atoms. The standard InChI is InChI=1S/C14H12OS/c1-11-3-2-4-12(9-11)5-6-14(15)13-7-8-16-10-13/h2-10H,1H3. The van der Waals surface area contributed by atoms with E-state index < -0.39 is 0 Å². The van der Waals surface area contributed by atoms with Crippen molar-refractivity contribution in [3.8, 4) is 0 Å². The summed E-state index contributed by atoms with van der Waals surface area (Å²) >= 11 is 1.54. The van der Waals surface area contributed by atoms with E-state index in [1.54, 1.807) is 6.08 Å². The Morgan fingerprint density at radius 1 is 1.31 bits per heavy atom. The summed E-state index contributed by atoms with van der Waals surface area (Å²) < 4.78 is 0. The molecule has 0 atom stereocenters. The number of carbonyl (C=O) groups excluding carboxylic acids is 1. The highest BCUT2D eigenvalue weighted by Gasteiger charge is 2.00. The molecule has 1 heterocycles. The van der Waals surface area contributed by atoms with E-state index in [9.17, 15) is 4.79 Å². The van der Waals surface area contributed by atoms with Gasteiger partial charge < -0.3 is 0 Å². The highest BCUT2D eigenvalue weighted by molar-refractivity contribution is 7.08. The molecule has 0 aliphatic heterocycles. The van der Waals surface area contributed by atoms with Gasteiger partial charge in [-0.3, -0.25) is 4.79 Å². The number of hydrogen-bond donors (Lipinski definition) is 0. The molecule has 0 unspecified atom stereocenters. The van der Waals surface area contributed by atoms with Gasteiger partial charge in [0.15, 0.2) is 5.78 Å². The number of benzene rings is 1. The molecule has 0 bridgehead atoms. The third kappa shape index (κ3) is 2.67. The Morgan fingerprint density at radius 3 is 2.88 bits per heavy atom. The summed E-state index contributed by atoms with van der Waals surface area (Å²) in [7, 11) is 0. The van der Waals surface area contributed by atoms with Crippen LogP contribution in [0.25, 0.3) is 6.08 Å². The number of allylic oxidation sites excluding steroid dienone is 1. The van der Waals surface area contributed by atoms with Crippen LogP contribution in [-0.4, -0.2) is 5.78 Å². The van der Waals surface area contributed by atoms with Crippen molar-refractivity contribution in [3.63, 3.8) is 0 Å². The van der Waals surface area contributed by atoms with Crippen LogP contribution in [0.15, 0.2) is 47.2 Å². The number of ketones is 1. The SMILES string of the molecule is Cc1cccc(C=CC(=O)c2ccsc2)c1. The third-order valence-corrected chi connectivity index (χ3v) is 2.96. The maximum absolute atomic E-state index is 11.7.